The van der Waals surface area contributed by atoms with Crippen molar-refractivity contribution in [2.45, 2.75) is 18.9 Å². The highest BCUT2D eigenvalue weighted by atomic mass is 16.5. The standard InChI is InChI=1S/C13H15N3O/c1-17-12-4-2-3-11-13(12)9(8-15-16-11)7-10-5-6-14-10/h2-4,8,10,14H,5-7H2,1H3/t10-/m1/s1. The van der Waals surface area contributed by atoms with Crippen molar-refractivity contribution in [3.05, 3.63) is 30.0 Å². The molecule has 0 bridgehead atoms. The van der Waals surface area contributed by atoms with Gasteiger partial charge in [0.2, 0.25) is 0 Å². The van der Waals surface area contributed by atoms with Crippen molar-refractivity contribution in [2.75, 3.05) is 13.7 Å². The van der Waals surface area contributed by atoms with E-state index in [2.05, 4.69) is 15.5 Å². The van der Waals surface area contributed by atoms with Gasteiger partial charge in [-0.1, -0.05) is 6.07 Å². The van der Waals surface area contributed by atoms with Gasteiger partial charge >= 0.3 is 0 Å². The van der Waals surface area contributed by atoms with Gasteiger partial charge in [0.25, 0.3) is 0 Å². The molecule has 88 valence electrons. The van der Waals surface area contributed by atoms with Crippen LogP contribution in [0.15, 0.2) is 24.4 Å². The van der Waals surface area contributed by atoms with Gasteiger partial charge < -0.3 is 10.1 Å². The number of ether oxygens (including phenoxy) is 1. The summed E-state index contributed by atoms with van der Waals surface area (Å²) in [6, 6.07) is 6.47. The summed E-state index contributed by atoms with van der Waals surface area (Å²) in [5.41, 5.74) is 2.12. The molecule has 0 amide bonds. The van der Waals surface area contributed by atoms with Crippen molar-refractivity contribution < 1.29 is 4.74 Å². The van der Waals surface area contributed by atoms with Crippen LogP contribution in [0, 0.1) is 0 Å². The Morgan fingerprint density at radius 3 is 3.06 bits per heavy atom. The van der Waals surface area contributed by atoms with Crippen molar-refractivity contribution in [3.8, 4) is 5.75 Å². The first-order valence-electron chi connectivity index (χ1n) is 5.89. The first-order chi connectivity index (χ1) is 8.38. The minimum Gasteiger partial charge on any atom is -0.496 e. The SMILES string of the molecule is COc1cccc2nncc(C[C@H]3CCN3)c12. The number of methoxy groups -OCH3 is 1. The lowest BCUT2D eigenvalue weighted by molar-refractivity contribution is 0.369. The summed E-state index contributed by atoms with van der Waals surface area (Å²) in [5, 5.41) is 12.7. The van der Waals surface area contributed by atoms with E-state index in [-0.39, 0.29) is 0 Å². The summed E-state index contributed by atoms with van der Waals surface area (Å²) in [7, 11) is 1.70. The molecule has 1 aromatic carbocycles. The third-order valence-corrected chi connectivity index (χ3v) is 3.32. The van der Waals surface area contributed by atoms with Crippen molar-refractivity contribution >= 4 is 10.9 Å². The molecule has 0 aliphatic carbocycles. The Morgan fingerprint density at radius 1 is 1.47 bits per heavy atom. The number of aromatic nitrogens is 2. The smallest absolute Gasteiger partial charge is 0.128 e. The zero-order chi connectivity index (χ0) is 11.7. The van der Waals surface area contributed by atoms with E-state index in [1.165, 1.54) is 12.0 Å². The van der Waals surface area contributed by atoms with E-state index in [9.17, 15) is 0 Å². The Balaban J connectivity index is 2.08. The highest BCUT2D eigenvalue weighted by Crippen LogP contribution is 2.28. The van der Waals surface area contributed by atoms with Crippen LogP contribution in [0.3, 0.4) is 0 Å². The molecule has 3 rings (SSSR count). The maximum Gasteiger partial charge on any atom is 0.128 e. The lowest BCUT2D eigenvalue weighted by atomic mass is 9.96. The fraction of sp³-hybridized carbons (Fsp3) is 0.385. The first-order valence-corrected chi connectivity index (χ1v) is 5.89. The second kappa shape index (κ2) is 4.30. The predicted molar refractivity (Wildman–Crippen MR) is 66.2 cm³/mol. The third kappa shape index (κ3) is 1.85. The molecule has 0 radical (unpaired) electrons. The number of benzene rings is 1. The molecule has 1 N–H and O–H groups in total. The molecule has 1 aliphatic heterocycles. The Kier molecular flexibility index (Phi) is 2.65. The van der Waals surface area contributed by atoms with E-state index in [0.717, 1.165) is 29.6 Å². The summed E-state index contributed by atoms with van der Waals surface area (Å²) < 4.78 is 5.41. The van der Waals surface area contributed by atoms with Gasteiger partial charge in [0.1, 0.15) is 5.75 Å². The third-order valence-electron chi connectivity index (χ3n) is 3.32. The molecule has 1 aliphatic rings. The van der Waals surface area contributed by atoms with Gasteiger partial charge in [-0.3, -0.25) is 0 Å². The second-order valence-corrected chi connectivity index (χ2v) is 4.37. The Bertz CT molecular complexity index is 532. The van der Waals surface area contributed by atoms with Crippen molar-refractivity contribution in [1.82, 2.24) is 15.5 Å². The average molecular weight is 229 g/mol. The quantitative estimate of drug-likeness (QED) is 0.867. The minimum absolute atomic E-state index is 0.576. The van der Waals surface area contributed by atoms with Gasteiger partial charge in [0, 0.05) is 11.4 Å². The van der Waals surface area contributed by atoms with Gasteiger partial charge in [-0.2, -0.15) is 10.2 Å². The molecule has 1 saturated heterocycles. The van der Waals surface area contributed by atoms with Gasteiger partial charge in [-0.25, -0.2) is 0 Å². The van der Waals surface area contributed by atoms with E-state index >= 15 is 0 Å². The molecule has 0 saturated carbocycles. The van der Waals surface area contributed by atoms with Crippen LogP contribution in [0.4, 0.5) is 0 Å². The predicted octanol–water partition coefficient (Wildman–Crippen LogP) is 1.54. The van der Waals surface area contributed by atoms with Crippen LogP contribution < -0.4 is 10.1 Å². The summed E-state index contributed by atoms with van der Waals surface area (Å²) in [6.45, 7) is 1.12. The van der Waals surface area contributed by atoms with Crippen LogP contribution >= 0.6 is 0 Å². The van der Waals surface area contributed by atoms with Crippen LogP contribution in [0.5, 0.6) is 5.75 Å². The highest BCUT2D eigenvalue weighted by molar-refractivity contribution is 5.87. The van der Waals surface area contributed by atoms with Crippen molar-refractivity contribution in [1.29, 1.82) is 0 Å². The zero-order valence-electron chi connectivity index (χ0n) is 9.81. The van der Waals surface area contributed by atoms with Crippen LogP contribution in [0.2, 0.25) is 0 Å². The number of nitrogens with one attached hydrogen (secondary N) is 1. The molecule has 4 heteroatoms. The maximum absolute atomic E-state index is 5.41. The number of hydrogen-bond acceptors (Lipinski definition) is 4. The number of hydrogen-bond donors (Lipinski definition) is 1. The average Bonchev–Trinajstić information content (AvgIpc) is 2.33. The van der Waals surface area contributed by atoms with E-state index in [1.807, 2.05) is 24.4 Å². The summed E-state index contributed by atoms with van der Waals surface area (Å²) in [6.07, 6.45) is 4.08. The minimum atomic E-state index is 0.576. The molecule has 0 spiro atoms. The van der Waals surface area contributed by atoms with Crippen LogP contribution in [0.25, 0.3) is 10.9 Å². The van der Waals surface area contributed by atoms with Gasteiger partial charge in [-0.05, 0) is 37.1 Å². The van der Waals surface area contributed by atoms with Crippen LogP contribution in [-0.4, -0.2) is 29.9 Å². The lowest BCUT2D eigenvalue weighted by Gasteiger charge is -2.27. The summed E-state index contributed by atoms with van der Waals surface area (Å²) in [4.78, 5) is 0. The normalized spacial score (nSPS) is 19.0. The largest absolute Gasteiger partial charge is 0.496 e. The van der Waals surface area contributed by atoms with Gasteiger partial charge in [0.15, 0.2) is 0 Å². The molecular formula is C13H15N3O. The van der Waals surface area contributed by atoms with Crippen molar-refractivity contribution in [2.24, 2.45) is 0 Å². The van der Waals surface area contributed by atoms with Gasteiger partial charge in [-0.15, -0.1) is 0 Å². The van der Waals surface area contributed by atoms with E-state index in [1.54, 1.807) is 7.11 Å². The van der Waals surface area contributed by atoms with Crippen molar-refractivity contribution in [3.63, 3.8) is 0 Å². The first kappa shape index (κ1) is 10.5. The summed E-state index contributed by atoms with van der Waals surface area (Å²) >= 11 is 0. The second-order valence-electron chi connectivity index (χ2n) is 4.37. The number of fused-ring (bicyclic) bond motifs is 1. The fourth-order valence-corrected chi connectivity index (χ4v) is 2.26. The van der Waals surface area contributed by atoms with E-state index in [4.69, 9.17) is 4.74 Å². The molecular weight excluding hydrogens is 214 g/mol. The molecule has 2 aromatic rings. The molecule has 17 heavy (non-hydrogen) atoms. The zero-order valence-corrected chi connectivity index (χ0v) is 9.81. The monoisotopic (exact) mass is 229 g/mol. The molecule has 1 fully saturated rings. The van der Waals surface area contributed by atoms with E-state index in [0.29, 0.717) is 6.04 Å². The van der Waals surface area contributed by atoms with E-state index < -0.39 is 0 Å². The molecule has 2 heterocycles. The highest BCUT2D eigenvalue weighted by Gasteiger charge is 2.19. The fourth-order valence-electron chi connectivity index (χ4n) is 2.26. The molecule has 1 atom stereocenters. The maximum atomic E-state index is 5.41. The molecule has 1 aromatic heterocycles. The van der Waals surface area contributed by atoms with Crippen LogP contribution in [0.1, 0.15) is 12.0 Å². The molecule has 4 nitrogen and oxygen atoms in total. The number of nitrogens with zero attached hydrogens (tertiary/aromatic N) is 2. The summed E-state index contributed by atoms with van der Waals surface area (Å²) in [5.74, 6) is 0.881. The Morgan fingerprint density at radius 2 is 2.35 bits per heavy atom. The van der Waals surface area contributed by atoms with Crippen LogP contribution in [-0.2, 0) is 6.42 Å². The lowest BCUT2D eigenvalue weighted by Crippen LogP contribution is -2.44. The number of rotatable bonds is 3. The molecule has 0 unspecified atom stereocenters. The Labute approximate surface area is 100 Å². The Hall–Kier alpha value is -1.68. The van der Waals surface area contributed by atoms with Gasteiger partial charge in [0.05, 0.1) is 18.8 Å². The topological polar surface area (TPSA) is 47.0 Å².